The highest BCUT2D eigenvalue weighted by atomic mass is 16.6. The van der Waals surface area contributed by atoms with E-state index in [0.29, 0.717) is 17.2 Å². The van der Waals surface area contributed by atoms with Gasteiger partial charge >= 0.3 is 5.97 Å². The molecule has 7 nitrogen and oxygen atoms in total. The van der Waals surface area contributed by atoms with Crippen molar-refractivity contribution in [3.8, 4) is 17.2 Å². The molecule has 0 aromatic heterocycles. The number of methoxy groups -OCH3 is 3. The zero-order chi connectivity index (χ0) is 19.7. The van der Waals surface area contributed by atoms with E-state index in [1.807, 2.05) is 30.3 Å². The first kappa shape index (κ1) is 18.6. The van der Waals surface area contributed by atoms with Crippen molar-refractivity contribution in [2.75, 3.05) is 21.3 Å². The maximum Gasteiger partial charge on any atom is 0.308 e. The lowest BCUT2D eigenvalue weighted by atomic mass is 9.76. The van der Waals surface area contributed by atoms with Crippen LogP contribution in [-0.2, 0) is 9.53 Å². The number of carbonyl (C=O) groups excluding carboxylic acids is 1. The number of nitrogens with one attached hydrogen (secondary N) is 2. The van der Waals surface area contributed by atoms with Gasteiger partial charge in [-0.15, -0.1) is 0 Å². The van der Waals surface area contributed by atoms with Crippen LogP contribution in [-0.4, -0.2) is 33.5 Å². The minimum atomic E-state index is -0.407. The molecular weight excluding hydrogens is 360 g/mol. The van der Waals surface area contributed by atoms with Crippen molar-refractivity contribution in [3.63, 3.8) is 0 Å². The molecule has 0 saturated carbocycles. The molecule has 4 atom stereocenters. The predicted molar refractivity (Wildman–Crippen MR) is 102 cm³/mol. The largest absolute Gasteiger partial charge is 0.493 e. The second-order valence-corrected chi connectivity index (χ2v) is 6.93. The zero-order valence-electron chi connectivity index (χ0n) is 16.1. The van der Waals surface area contributed by atoms with Crippen molar-refractivity contribution in [2.24, 2.45) is 5.92 Å². The maximum absolute atomic E-state index is 12.3. The molecule has 2 aliphatic heterocycles. The predicted octanol–water partition coefficient (Wildman–Crippen LogP) is 2.53. The number of ether oxygens (including phenoxy) is 4. The SMILES string of the molecule is COc1cc(C2CC(=O)OC3NNC(c4ccccc4)C32)cc(OC)c1OC. The van der Waals surface area contributed by atoms with Crippen molar-refractivity contribution < 1.29 is 23.7 Å². The minimum absolute atomic E-state index is 0.00314. The fourth-order valence-corrected chi connectivity index (χ4v) is 4.22. The summed E-state index contributed by atoms with van der Waals surface area (Å²) in [5, 5.41) is 0. The van der Waals surface area contributed by atoms with E-state index in [0.717, 1.165) is 11.1 Å². The summed E-state index contributed by atoms with van der Waals surface area (Å²) in [6, 6.07) is 14.0. The van der Waals surface area contributed by atoms with Crippen LogP contribution in [0.5, 0.6) is 17.2 Å². The summed E-state index contributed by atoms with van der Waals surface area (Å²) in [7, 11) is 4.75. The van der Waals surface area contributed by atoms with Crippen LogP contribution in [0.3, 0.4) is 0 Å². The van der Waals surface area contributed by atoms with Gasteiger partial charge in [0.1, 0.15) is 0 Å². The Bertz CT molecular complexity index is 832. The average Bonchev–Trinajstić information content (AvgIpc) is 3.16. The Hall–Kier alpha value is -2.77. The van der Waals surface area contributed by atoms with Crippen molar-refractivity contribution in [1.29, 1.82) is 0 Å². The molecule has 0 radical (unpaired) electrons. The first-order valence-electron chi connectivity index (χ1n) is 9.21. The van der Waals surface area contributed by atoms with E-state index in [-0.39, 0.29) is 30.3 Å². The molecular formula is C21H24N2O5. The molecule has 2 fully saturated rings. The van der Waals surface area contributed by atoms with Gasteiger partial charge in [0.2, 0.25) is 5.75 Å². The van der Waals surface area contributed by atoms with Gasteiger partial charge in [-0.3, -0.25) is 4.79 Å². The van der Waals surface area contributed by atoms with Gasteiger partial charge in [0.15, 0.2) is 17.7 Å². The summed E-state index contributed by atoms with van der Waals surface area (Å²) in [6.07, 6.45) is -0.123. The van der Waals surface area contributed by atoms with Gasteiger partial charge in [0, 0.05) is 11.8 Å². The molecule has 2 aromatic rings. The molecule has 2 aromatic carbocycles. The van der Waals surface area contributed by atoms with E-state index >= 15 is 0 Å². The van der Waals surface area contributed by atoms with Crippen LogP contribution in [0.25, 0.3) is 0 Å². The Kier molecular flexibility index (Phi) is 5.11. The standard InChI is InChI=1S/C21H24N2O5/c1-25-15-9-13(10-16(26-2)20(15)27-3)14-11-17(24)28-21-18(14)19(22-23-21)12-7-5-4-6-8-12/h4-10,14,18-19,21-23H,11H2,1-3H3. The minimum Gasteiger partial charge on any atom is -0.493 e. The van der Waals surface area contributed by atoms with Gasteiger partial charge in [-0.05, 0) is 23.3 Å². The van der Waals surface area contributed by atoms with E-state index in [9.17, 15) is 4.79 Å². The fraction of sp³-hybridized carbons (Fsp3) is 0.381. The molecule has 7 heteroatoms. The third-order valence-electron chi connectivity index (χ3n) is 5.50. The lowest BCUT2D eigenvalue weighted by Crippen LogP contribution is -2.42. The molecule has 2 aliphatic rings. The zero-order valence-corrected chi connectivity index (χ0v) is 16.1. The molecule has 2 heterocycles. The van der Waals surface area contributed by atoms with Crippen LogP contribution in [0.2, 0.25) is 0 Å². The normalized spacial score (nSPS) is 26.3. The van der Waals surface area contributed by atoms with Gasteiger partial charge in [-0.1, -0.05) is 30.3 Å². The van der Waals surface area contributed by atoms with Gasteiger partial charge < -0.3 is 18.9 Å². The number of hydrogen-bond donors (Lipinski definition) is 2. The van der Waals surface area contributed by atoms with Crippen LogP contribution in [0.1, 0.15) is 29.5 Å². The summed E-state index contributed by atoms with van der Waals surface area (Å²) in [5.41, 5.74) is 8.53. The first-order chi connectivity index (χ1) is 13.7. The lowest BCUT2D eigenvalue weighted by Gasteiger charge is -2.35. The number of rotatable bonds is 5. The molecule has 4 unspecified atom stereocenters. The van der Waals surface area contributed by atoms with Gasteiger partial charge in [0.05, 0.1) is 33.8 Å². The van der Waals surface area contributed by atoms with E-state index in [1.165, 1.54) is 0 Å². The van der Waals surface area contributed by atoms with Gasteiger partial charge in [-0.25, -0.2) is 10.9 Å². The summed E-state index contributed by atoms with van der Waals surface area (Å²) in [5.74, 6) is 1.38. The van der Waals surface area contributed by atoms with Crippen LogP contribution >= 0.6 is 0 Å². The molecule has 0 amide bonds. The maximum atomic E-state index is 12.3. The van der Waals surface area contributed by atoms with E-state index in [1.54, 1.807) is 21.3 Å². The number of carbonyl (C=O) groups is 1. The van der Waals surface area contributed by atoms with Gasteiger partial charge in [0.25, 0.3) is 0 Å². The molecule has 0 bridgehead atoms. The van der Waals surface area contributed by atoms with Crippen LogP contribution in [0, 0.1) is 5.92 Å². The van der Waals surface area contributed by atoms with Crippen LogP contribution in [0.15, 0.2) is 42.5 Å². The molecule has 0 aliphatic carbocycles. The Morgan fingerprint density at radius 2 is 1.61 bits per heavy atom. The third kappa shape index (κ3) is 3.16. The number of hydrazine groups is 1. The quantitative estimate of drug-likeness (QED) is 0.767. The van der Waals surface area contributed by atoms with E-state index in [2.05, 4.69) is 23.0 Å². The van der Waals surface area contributed by atoms with E-state index in [4.69, 9.17) is 18.9 Å². The second-order valence-electron chi connectivity index (χ2n) is 6.93. The van der Waals surface area contributed by atoms with Crippen LogP contribution < -0.4 is 25.1 Å². The second kappa shape index (κ2) is 7.69. The smallest absolute Gasteiger partial charge is 0.308 e. The van der Waals surface area contributed by atoms with Crippen molar-refractivity contribution in [2.45, 2.75) is 24.6 Å². The summed E-state index contributed by atoms with van der Waals surface area (Å²) in [6.45, 7) is 0. The fourth-order valence-electron chi connectivity index (χ4n) is 4.22. The lowest BCUT2D eigenvalue weighted by molar-refractivity contribution is -0.160. The highest BCUT2D eigenvalue weighted by Crippen LogP contribution is 2.48. The number of benzene rings is 2. The Labute approximate surface area is 163 Å². The van der Waals surface area contributed by atoms with Crippen LogP contribution in [0.4, 0.5) is 0 Å². The van der Waals surface area contributed by atoms with E-state index < -0.39 is 6.23 Å². The highest BCUT2D eigenvalue weighted by Gasteiger charge is 2.48. The van der Waals surface area contributed by atoms with Crippen molar-refractivity contribution >= 4 is 5.97 Å². The molecule has 28 heavy (non-hydrogen) atoms. The monoisotopic (exact) mass is 384 g/mol. The molecule has 2 N–H and O–H groups in total. The topological polar surface area (TPSA) is 78.1 Å². The Balaban J connectivity index is 1.77. The Morgan fingerprint density at radius 1 is 0.929 bits per heavy atom. The number of hydrogen-bond acceptors (Lipinski definition) is 7. The van der Waals surface area contributed by atoms with Gasteiger partial charge in [-0.2, -0.15) is 0 Å². The number of esters is 1. The summed E-state index contributed by atoms with van der Waals surface area (Å²) >= 11 is 0. The molecule has 2 saturated heterocycles. The average molecular weight is 384 g/mol. The third-order valence-corrected chi connectivity index (χ3v) is 5.50. The summed E-state index contributed by atoms with van der Waals surface area (Å²) in [4.78, 5) is 12.3. The van der Waals surface area contributed by atoms with Crippen molar-refractivity contribution in [3.05, 3.63) is 53.6 Å². The molecule has 148 valence electrons. The Morgan fingerprint density at radius 3 is 2.21 bits per heavy atom. The molecule has 0 spiro atoms. The first-order valence-corrected chi connectivity index (χ1v) is 9.21. The molecule has 4 rings (SSSR count). The summed E-state index contributed by atoms with van der Waals surface area (Å²) < 4.78 is 22.0. The number of fused-ring (bicyclic) bond motifs is 1. The highest BCUT2D eigenvalue weighted by molar-refractivity contribution is 5.72. The van der Waals surface area contributed by atoms with Crippen molar-refractivity contribution in [1.82, 2.24) is 10.9 Å².